The van der Waals surface area contributed by atoms with Crippen LogP contribution < -0.4 is 0 Å². The summed E-state index contributed by atoms with van der Waals surface area (Å²) >= 11 is 4.81. The van der Waals surface area contributed by atoms with Gasteiger partial charge in [0, 0.05) is 13.1 Å². The summed E-state index contributed by atoms with van der Waals surface area (Å²) in [7, 11) is 1.93. The van der Waals surface area contributed by atoms with Gasteiger partial charge in [-0.25, -0.2) is 9.97 Å². The normalized spacial score (nSPS) is 10.8. The number of hydrogen-bond donors (Lipinski definition) is 0. The molecule has 7 heteroatoms. The van der Waals surface area contributed by atoms with E-state index in [2.05, 4.69) is 36.1 Å². The van der Waals surface area contributed by atoms with Gasteiger partial charge in [0.2, 0.25) is 0 Å². The number of nitrogens with zero attached hydrogens (tertiary/aromatic N) is 5. The number of rotatable bonds is 2. The molecule has 0 amide bonds. The molecule has 16 heavy (non-hydrogen) atoms. The number of hydrogen-bond acceptors (Lipinski definition) is 5. The molecule has 2 aromatic heterocycles. The summed E-state index contributed by atoms with van der Waals surface area (Å²) in [5, 5.41) is 9.74. The van der Waals surface area contributed by atoms with E-state index >= 15 is 0 Å². The standard InChI is InChI=1S/C9H10BrN5S/c1-5-11-7(10)4-8(12-5)16-9-14-13-6(2)15(9)3/h4H,1-3H3. The van der Waals surface area contributed by atoms with E-state index in [4.69, 9.17) is 0 Å². The highest BCUT2D eigenvalue weighted by molar-refractivity contribution is 9.10. The van der Waals surface area contributed by atoms with Crippen LogP contribution in [0.15, 0.2) is 20.9 Å². The zero-order valence-electron chi connectivity index (χ0n) is 9.10. The van der Waals surface area contributed by atoms with Crippen molar-refractivity contribution in [2.45, 2.75) is 24.0 Å². The van der Waals surface area contributed by atoms with E-state index in [1.54, 1.807) is 0 Å². The molecule has 2 aromatic rings. The molecule has 0 aliphatic rings. The molecular formula is C9H10BrN5S. The smallest absolute Gasteiger partial charge is 0.197 e. The van der Waals surface area contributed by atoms with Gasteiger partial charge < -0.3 is 4.57 Å². The van der Waals surface area contributed by atoms with Gasteiger partial charge in [-0.3, -0.25) is 0 Å². The van der Waals surface area contributed by atoms with Crippen LogP contribution in [0.25, 0.3) is 0 Å². The summed E-state index contributed by atoms with van der Waals surface area (Å²) in [5.41, 5.74) is 0. The third-order valence-corrected chi connectivity index (χ3v) is 3.39. The summed E-state index contributed by atoms with van der Waals surface area (Å²) in [4.78, 5) is 8.47. The Balaban J connectivity index is 2.30. The maximum absolute atomic E-state index is 4.32. The first-order valence-electron chi connectivity index (χ1n) is 4.61. The molecule has 0 bridgehead atoms. The Bertz CT molecular complexity index is 504. The van der Waals surface area contributed by atoms with E-state index in [1.165, 1.54) is 11.8 Å². The Morgan fingerprint density at radius 2 is 2.00 bits per heavy atom. The van der Waals surface area contributed by atoms with Gasteiger partial charge in [-0.05, 0) is 41.5 Å². The number of aromatic nitrogens is 5. The van der Waals surface area contributed by atoms with E-state index in [0.29, 0.717) is 0 Å². The Labute approximate surface area is 106 Å². The third kappa shape index (κ3) is 2.41. The van der Waals surface area contributed by atoms with E-state index in [-0.39, 0.29) is 0 Å². The molecule has 0 aromatic carbocycles. The molecule has 0 unspecified atom stereocenters. The molecule has 0 atom stereocenters. The molecule has 84 valence electrons. The fourth-order valence-corrected chi connectivity index (χ4v) is 2.64. The minimum atomic E-state index is 0.732. The van der Waals surface area contributed by atoms with Gasteiger partial charge in [-0.15, -0.1) is 10.2 Å². The Morgan fingerprint density at radius 3 is 2.56 bits per heavy atom. The van der Waals surface area contributed by atoms with Crippen molar-refractivity contribution in [1.29, 1.82) is 0 Å². The largest absolute Gasteiger partial charge is 0.309 e. The van der Waals surface area contributed by atoms with Gasteiger partial charge in [-0.1, -0.05) is 0 Å². The lowest BCUT2D eigenvalue weighted by Crippen LogP contribution is -1.95. The van der Waals surface area contributed by atoms with E-state index in [9.17, 15) is 0 Å². The van der Waals surface area contributed by atoms with Gasteiger partial charge in [0.05, 0.1) is 0 Å². The minimum Gasteiger partial charge on any atom is -0.309 e. The van der Waals surface area contributed by atoms with Crippen LogP contribution in [0.2, 0.25) is 0 Å². The van der Waals surface area contributed by atoms with Crippen molar-refractivity contribution in [2.75, 3.05) is 0 Å². The summed E-state index contributed by atoms with van der Waals surface area (Å²) in [6.07, 6.45) is 0. The molecule has 0 spiro atoms. The van der Waals surface area contributed by atoms with Crippen LogP contribution in [0, 0.1) is 13.8 Å². The number of halogens is 1. The van der Waals surface area contributed by atoms with Crippen LogP contribution in [-0.4, -0.2) is 24.7 Å². The zero-order valence-corrected chi connectivity index (χ0v) is 11.5. The summed E-state index contributed by atoms with van der Waals surface area (Å²) in [5.74, 6) is 1.61. The predicted octanol–water partition coefficient (Wildman–Crippen LogP) is 2.14. The summed E-state index contributed by atoms with van der Waals surface area (Å²) < 4.78 is 2.71. The first-order chi connectivity index (χ1) is 7.56. The van der Waals surface area contributed by atoms with Crippen LogP contribution in [0.5, 0.6) is 0 Å². The lowest BCUT2D eigenvalue weighted by atomic mass is 10.6. The fraction of sp³-hybridized carbons (Fsp3) is 0.333. The van der Waals surface area contributed by atoms with Gasteiger partial charge in [-0.2, -0.15) is 0 Å². The Kier molecular flexibility index (Phi) is 3.25. The molecule has 0 saturated heterocycles. The second kappa shape index (κ2) is 4.50. The highest BCUT2D eigenvalue weighted by Crippen LogP contribution is 2.25. The van der Waals surface area contributed by atoms with Crippen molar-refractivity contribution in [1.82, 2.24) is 24.7 Å². The van der Waals surface area contributed by atoms with E-state index in [0.717, 1.165) is 26.4 Å². The molecule has 0 radical (unpaired) electrons. The van der Waals surface area contributed by atoms with Crippen LogP contribution in [0.4, 0.5) is 0 Å². The minimum absolute atomic E-state index is 0.732. The molecule has 0 aliphatic heterocycles. The zero-order chi connectivity index (χ0) is 11.7. The monoisotopic (exact) mass is 299 g/mol. The molecular weight excluding hydrogens is 290 g/mol. The van der Waals surface area contributed by atoms with Crippen molar-refractivity contribution >= 4 is 27.7 Å². The van der Waals surface area contributed by atoms with Gasteiger partial charge >= 0.3 is 0 Å². The van der Waals surface area contributed by atoms with Gasteiger partial charge in [0.25, 0.3) is 0 Å². The van der Waals surface area contributed by atoms with Gasteiger partial charge in [0.1, 0.15) is 21.3 Å². The second-order valence-electron chi connectivity index (χ2n) is 3.27. The summed E-state index contributed by atoms with van der Waals surface area (Å²) in [6, 6.07) is 1.86. The van der Waals surface area contributed by atoms with Crippen molar-refractivity contribution in [3.63, 3.8) is 0 Å². The first-order valence-corrected chi connectivity index (χ1v) is 6.22. The van der Waals surface area contributed by atoms with Crippen molar-refractivity contribution in [3.05, 3.63) is 22.3 Å². The lowest BCUT2D eigenvalue weighted by Gasteiger charge is -2.02. The molecule has 0 aliphatic carbocycles. The average Bonchev–Trinajstić information content (AvgIpc) is 2.48. The molecule has 2 rings (SSSR count). The van der Waals surface area contributed by atoms with Crippen molar-refractivity contribution in [2.24, 2.45) is 7.05 Å². The SMILES string of the molecule is Cc1nc(Br)cc(Sc2nnc(C)n2C)n1. The molecule has 5 nitrogen and oxygen atoms in total. The predicted molar refractivity (Wildman–Crippen MR) is 64.3 cm³/mol. The quantitative estimate of drug-likeness (QED) is 0.795. The van der Waals surface area contributed by atoms with Crippen LogP contribution in [-0.2, 0) is 7.05 Å². The highest BCUT2D eigenvalue weighted by Gasteiger charge is 2.09. The van der Waals surface area contributed by atoms with Crippen molar-refractivity contribution in [3.8, 4) is 0 Å². The molecule has 0 N–H and O–H groups in total. The first kappa shape index (κ1) is 11.5. The maximum Gasteiger partial charge on any atom is 0.197 e. The average molecular weight is 300 g/mol. The fourth-order valence-electron chi connectivity index (χ4n) is 1.13. The van der Waals surface area contributed by atoms with Crippen LogP contribution in [0.3, 0.4) is 0 Å². The molecule has 2 heterocycles. The van der Waals surface area contributed by atoms with E-state index < -0.39 is 0 Å². The highest BCUT2D eigenvalue weighted by atomic mass is 79.9. The Morgan fingerprint density at radius 1 is 1.25 bits per heavy atom. The summed E-state index contributed by atoms with van der Waals surface area (Å²) in [6.45, 7) is 3.77. The topological polar surface area (TPSA) is 56.5 Å². The molecule has 0 fully saturated rings. The number of aryl methyl sites for hydroxylation is 2. The second-order valence-corrected chi connectivity index (χ2v) is 5.07. The van der Waals surface area contributed by atoms with E-state index in [1.807, 2.05) is 31.5 Å². The van der Waals surface area contributed by atoms with Crippen LogP contribution >= 0.6 is 27.7 Å². The third-order valence-electron chi connectivity index (χ3n) is 2.03. The molecule has 0 saturated carbocycles. The maximum atomic E-state index is 4.32. The Hall–Kier alpha value is -0.950. The van der Waals surface area contributed by atoms with Crippen LogP contribution in [0.1, 0.15) is 11.6 Å². The lowest BCUT2D eigenvalue weighted by molar-refractivity contribution is 0.763. The van der Waals surface area contributed by atoms with Crippen molar-refractivity contribution < 1.29 is 0 Å². The van der Waals surface area contributed by atoms with Gasteiger partial charge in [0.15, 0.2) is 5.16 Å².